The first kappa shape index (κ1) is 15.3. The Labute approximate surface area is 121 Å². The molecule has 1 N–H and O–H groups in total. The third-order valence-corrected chi connectivity index (χ3v) is 3.62. The number of hydrogen-bond acceptors (Lipinski definition) is 6. The van der Waals surface area contributed by atoms with Gasteiger partial charge >= 0.3 is 0 Å². The van der Waals surface area contributed by atoms with Gasteiger partial charge in [0.05, 0.1) is 22.5 Å². The summed E-state index contributed by atoms with van der Waals surface area (Å²) in [6, 6.07) is 3.71. The van der Waals surface area contributed by atoms with Crippen LogP contribution in [0.25, 0.3) is 0 Å². The largest absolute Gasteiger partial charge is 0.380 e. The highest BCUT2D eigenvalue weighted by molar-refractivity contribution is 5.49. The van der Waals surface area contributed by atoms with Crippen LogP contribution in [0.4, 0.5) is 11.4 Å². The van der Waals surface area contributed by atoms with Crippen molar-refractivity contribution in [1.82, 2.24) is 5.32 Å². The van der Waals surface area contributed by atoms with Gasteiger partial charge in [-0.2, -0.15) is 0 Å². The molecule has 1 aromatic rings. The van der Waals surface area contributed by atoms with Crippen LogP contribution >= 0.6 is 0 Å². The lowest BCUT2D eigenvalue weighted by Crippen LogP contribution is -2.48. The van der Waals surface area contributed by atoms with E-state index in [0.29, 0.717) is 12.2 Å². The quantitative estimate of drug-likeness (QED) is 0.658. The van der Waals surface area contributed by atoms with Gasteiger partial charge in [0.25, 0.3) is 11.4 Å². The molecule has 1 atom stereocenters. The summed E-state index contributed by atoms with van der Waals surface area (Å²) in [4.78, 5) is 20.5. The van der Waals surface area contributed by atoms with Gasteiger partial charge in [-0.3, -0.25) is 20.2 Å². The lowest BCUT2D eigenvalue weighted by atomic mass is 9.94. The van der Waals surface area contributed by atoms with E-state index in [4.69, 9.17) is 4.74 Å². The minimum absolute atomic E-state index is 0.228. The molecular formula is C13H17N3O5. The van der Waals surface area contributed by atoms with Crippen LogP contribution in [0.3, 0.4) is 0 Å². The number of ether oxygens (including phenoxy) is 1. The Balaban J connectivity index is 2.15. The zero-order valence-electron chi connectivity index (χ0n) is 11.7. The zero-order valence-corrected chi connectivity index (χ0v) is 11.7. The lowest BCUT2D eigenvalue weighted by molar-refractivity contribution is -0.394. The Morgan fingerprint density at radius 1 is 1.33 bits per heavy atom. The standard InChI is InChI=1S/C13H17N3O5/c1-13(5-2-6-21-9-13)14-8-10-3-4-11(15(17)18)7-12(10)16(19)20/h3-4,7,14H,2,5-6,8-9H2,1H3. The predicted molar refractivity (Wildman–Crippen MR) is 75.0 cm³/mol. The van der Waals surface area contributed by atoms with Crippen molar-refractivity contribution in [3.63, 3.8) is 0 Å². The third kappa shape index (κ3) is 3.73. The van der Waals surface area contributed by atoms with Gasteiger partial charge in [0, 0.05) is 30.3 Å². The molecule has 0 aromatic heterocycles. The summed E-state index contributed by atoms with van der Waals surface area (Å²) in [5.74, 6) is 0. The van der Waals surface area contributed by atoms with E-state index >= 15 is 0 Å². The maximum Gasteiger partial charge on any atom is 0.280 e. The number of hydrogen-bond donors (Lipinski definition) is 1. The molecule has 0 amide bonds. The van der Waals surface area contributed by atoms with Crippen molar-refractivity contribution in [3.8, 4) is 0 Å². The zero-order chi connectivity index (χ0) is 15.5. The number of non-ortho nitro benzene ring substituents is 1. The van der Waals surface area contributed by atoms with Crippen LogP contribution in [0, 0.1) is 20.2 Å². The number of nitro groups is 2. The third-order valence-electron chi connectivity index (χ3n) is 3.62. The average Bonchev–Trinajstić information content (AvgIpc) is 2.45. The van der Waals surface area contributed by atoms with Gasteiger partial charge in [-0.1, -0.05) is 0 Å². The SMILES string of the molecule is CC1(NCc2ccc([N+](=O)[O-])cc2[N+](=O)[O-])CCCOC1. The first-order chi connectivity index (χ1) is 9.91. The van der Waals surface area contributed by atoms with E-state index in [-0.39, 0.29) is 23.5 Å². The fraction of sp³-hybridized carbons (Fsp3) is 0.538. The smallest absolute Gasteiger partial charge is 0.280 e. The summed E-state index contributed by atoms with van der Waals surface area (Å²) >= 11 is 0. The lowest BCUT2D eigenvalue weighted by Gasteiger charge is -2.34. The average molecular weight is 295 g/mol. The molecule has 21 heavy (non-hydrogen) atoms. The molecular weight excluding hydrogens is 278 g/mol. The van der Waals surface area contributed by atoms with Crippen molar-refractivity contribution in [2.24, 2.45) is 0 Å². The molecule has 114 valence electrons. The summed E-state index contributed by atoms with van der Waals surface area (Å²) in [6.45, 7) is 3.56. The van der Waals surface area contributed by atoms with Gasteiger partial charge < -0.3 is 10.1 Å². The molecule has 1 saturated heterocycles. The second-order valence-electron chi connectivity index (χ2n) is 5.40. The minimum Gasteiger partial charge on any atom is -0.380 e. The highest BCUT2D eigenvalue weighted by Gasteiger charge is 2.28. The number of nitro benzene ring substituents is 2. The maximum atomic E-state index is 11.1. The molecule has 0 bridgehead atoms. The van der Waals surface area contributed by atoms with Crippen LogP contribution < -0.4 is 5.32 Å². The summed E-state index contributed by atoms with van der Waals surface area (Å²) < 4.78 is 5.42. The van der Waals surface area contributed by atoms with Gasteiger partial charge in [-0.25, -0.2) is 0 Å². The van der Waals surface area contributed by atoms with E-state index < -0.39 is 9.85 Å². The summed E-state index contributed by atoms with van der Waals surface area (Å²) in [5.41, 5.74) is -0.319. The Hall–Kier alpha value is -2.06. The fourth-order valence-electron chi connectivity index (χ4n) is 2.37. The molecule has 1 aliphatic rings. The van der Waals surface area contributed by atoms with Gasteiger partial charge in [0.1, 0.15) is 0 Å². The first-order valence-corrected chi connectivity index (χ1v) is 6.66. The Morgan fingerprint density at radius 2 is 2.10 bits per heavy atom. The fourth-order valence-corrected chi connectivity index (χ4v) is 2.37. The van der Waals surface area contributed by atoms with Gasteiger partial charge in [0.15, 0.2) is 0 Å². The van der Waals surface area contributed by atoms with Crippen LogP contribution in [0.1, 0.15) is 25.3 Å². The Morgan fingerprint density at radius 3 is 2.67 bits per heavy atom. The molecule has 0 spiro atoms. The number of nitrogens with zero attached hydrogens (tertiary/aromatic N) is 2. The summed E-state index contributed by atoms with van der Waals surface area (Å²) in [5, 5.41) is 25.0. The molecule has 0 aliphatic carbocycles. The normalized spacial score (nSPS) is 22.0. The van der Waals surface area contributed by atoms with Crippen LogP contribution in [0.15, 0.2) is 18.2 Å². The van der Waals surface area contributed by atoms with Crippen LogP contribution in [0.2, 0.25) is 0 Å². The molecule has 1 unspecified atom stereocenters. The van der Waals surface area contributed by atoms with Crippen molar-refractivity contribution >= 4 is 11.4 Å². The first-order valence-electron chi connectivity index (χ1n) is 6.66. The van der Waals surface area contributed by atoms with E-state index in [1.165, 1.54) is 12.1 Å². The summed E-state index contributed by atoms with van der Waals surface area (Å²) in [6.07, 6.45) is 1.86. The van der Waals surface area contributed by atoms with E-state index in [9.17, 15) is 20.2 Å². The van der Waals surface area contributed by atoms with E-state index in [1.807, 2.05) is 6.92 Å². The van der Waals surface area contributed by atoms with E-state index in [0.717, 1.165) is 25.5 Å². The molecule has 0 saturated carbocycles. The second-order valence-corrected chi connectivity index (χ2v) is 5.40. The van der Waals surface area contributed by atoms with Gasteiger partial charge in [-0.05, 0) is 25.8 Å². The van der Waals surface area contributed by atoms with Crippen molar-refractivity contribution in [2.75, 3.05) is 13.2 Å². The molecule has 1 aliphatic heterocycles. The highest BCUT2D eigenvalue weighted by atomic mass is 16.6. The van der Waals surface area contributed by atoms with Gasteiger partial charge in [0.2, 0.25) is 0 Å². The topological polar surface area (TPSA) is 108 Å². The van der Waals surface area contributed by atoms with Crippen LogP contribution in [-0.4, -0.2) is 28.6 Å². The van der Waals surface area contributed by atoms with E-state index in [1.54, 1.807) is 0 Å². The molecule has 1 fully saturated rings. The number of benzene rings is 1. The van der Waals surface area contributed by atoms with Gasteiger partial charge in [-0.15, -0.1) is 0 Å². The molecule has 8 heteroatoms. The van der Waals surface area contributed by atoms with Crippen LogP contribution in [0.5, 0.6) is 0 Å². The Kier molecular flexibility index (Phi) is 4.49. The summed E-state index contributed by atoms with van der Waals surface area (Å²) in [7, 11) is 0. The van der Waals surface area contributed by atoms with Crippen molar-refractivity contribution in [1.29, 1.82) is 0 Å². The molecule has 0 radical (unpaired) electrons. The molecule has 2 rings (SSSR count). The molecule has 8 nitrogen and oxygen atoms in total. The van der Waals surface area contributed by atoms with Crippen molar-refractivity contribution in [3.05, 3.63) is 44.0 Å². The highest BCUT2D eigenvalue weighted by Crippen LogP contribution is 2.26. The molecule has 1 aromatic carbocycles. The van der Waals surface area contributed by atoms with Crippen molar-refractivity contribution in [2.45, 2.75) is 31.8 Å². The second kappa shape index (κ2) is 6.15. The van der Waals surface area contributed by atoms with E-state index in [2.05, 4.69) is 5.32 Å². The number of nitrogens with one attached hydrogen (secondary N) is 1. The minimum atomic E-state index is -0.638. The Bertz CT molecular complexity index is 555. The van der Waals surface area contributed by atoms with Crippen molar-refractivity contribution < 1.29 is 14.6 Å². The number of rotatable bonds is 5. The maximum absolute atomic E-state index is 11.1. The molecule has 1 heterocycles. The monoisotopic (exact) mass is 295 g/mol. The predicted octanol–water partition coefficient (Wildman–Crippen LogP) is 2.16. The van der Waals surface area contributed by atoms with Crippen LogP contribution in [-0.2, 0) is 11.3 Å².